The van der Waals surface area contributed by atoms with E-state index >= 15 is 0 Å². The van der Waals surface area contributed by atoms with Crippen molar-refractivity contribution in [1.82, 2.24) is 10.6 Å². The van der Waals surface area contributed by atoms with Crippen molar-refractivity contribution in [3.63, 3.8) is 0 Å². The second-order valence-corrected chi connectivity index (χ2v) is 10.5. The number of carbonyl (C=O) groups is 3. The summed E-state index contributed by atoms with van der Waals surface area (Å²) in [5.74, 6) is -0.717. The van der Waals surface area contributed by atoms with E-state index in [9.17, 15) is 14.4 Å². The van der Waals surface area contributed by atoms with E-state index in [2.05, 4.69) is 24.5 Å². The Bertz CT molecular complexity index is 540. The number of rotatable bonds is 26. The highest BCUT2D eigenvalue weighted by atomic mass is 16.2. The fourth-order valence-electron chi connectivity index (χ4n) is 4.51. The third-order valence-corrected chi connectivity index (χ3v) is 6.88. The first-order valence-electron chi connectivity index (χ1n) is 15.4. The van der Waals surface area contributed by atoms with Gasteiger partial charge in [-0.3, -0.25) is 19.7 Å². The van der Waals surface area contributed by atoms with Crippen molar-refractivity contribution < 1.29 is 14.4 Å². The number of amides is 3. The molecule has 0 fully saturated rings. The van der Waals surface area contributed by atoms with E-state index in [1.165, 1.54) is 77.0 Å². The van der Waals surface area contributed by atoms with Crippen LogP contribution < -0.4 is 16.4 Å². The molecule has 0 rings (SSSR count). The van der Waals surface area contributed by atoms with Gasteiger partial charge in [0.05, 0.1) is 0 Å². The smallest absolute Gasteiger partial charge is 0.249 e. The number of nitrogens with two attached hydrogens (primary N) is 1. The molecule has 1 atom stereocenters. The van der Waals surface area contributed by atoms with Crippen LogP contribution in [0.4, 0.5) is 0 Å². The van der Waals surface area contributed by atoms with Gasteiger partial charge in [0, 0.05) is 12.8 Å². The van der Waals surface area contributed by atoms with Gasteiger partial charge < -0.3 is 11.1 Å². The molecular formula is C30H59N3O3. The highest BCUT2D eigenvalue weighted by Gasteiger charge is 2.22. The summed E-state index contributed by atoms with van der Waals surface area (Å²) in [7, 11) is 0. The van der Waals surface area contributed by atoms with E-state index in [-0.39, 0.29) is 17.7 Å². The van der Waals surface area contributed by atoms with Crippen LogP contribution in [-0.2, 0) is 14.4 Å². The molecule has 0 heterocycles. The first-order chi connectivity index (χ1) is 17.5. The van der Waals surface area contributed by atoms with Crippen LogP contribution in [0.25, 0.3) is 0 Å². The van der Waals surface area contributed by atoms with E-state index in [1.807, 2.05) is 0 Å². The van der Waals surface area contributed by atoms with Gasteiger partial charge in [0.25, 0.3) is 0 Å². The van der Waals surface area contributed by atoms with Gasteiger partial charge >= 0.3 is 0 Å². The number of nitrogens with one attached hydrogen (secondary N) is 2. The standard InChI is InChI=1S/C30H59N3O3/c1-3-5-7-9-11-13-15-17-19-24-28(34)32-27(23-21-22-26-31)30(36)33-29(35)25-20-18-16-14-12-10-8-6-4-2/h27H,3-26,31H2,1-2H3,(H,32,34)(H,33,35,36)/t27-/m0/s1. The lowest BCUT2D eigenvalue weighted by Crippen LogP contribution is -2.48. The molecule has 0 spiro atoms. The van der Waals surface area contributed by atoms with Crippen molar-refractivity contribution in [1.29, 1.82) is 0 Å². The minimum atomic E-state index is -0.658. The normalized spacial score (nSPS) is 11.9. The maximum absolute atomic E-state index is 12.7. The Kier molecular flexibility index (Phi) is 25.6. The molecule has 0 aromatic heterocycles. The summed E-state index contributed by atoms with van der Waals surface area (Å²) in [5.41, 5.74) is 5.59. The molecule has 6 heteroatoms. The van der Waals surface area contributed by atoms with Crippen molar-refractivity contribution in [3.8, 4) is 0 Å². The third kappa shape index (κ3) is 23.0. The minimum Gasteiger partial charge on any atom is -0.344 e. The molecule has 0 saturated carbocycles. The molecule has 0 saturated heterocycles. The zero-order chi connectivity index (χ0) is 26.7. The Morgan fingerprint density at radius 1 is 0.556 bits per heavy atom. The maximum atomic E-state index is 12.7. The van der Waals surface area contributed by atoms with E-state index in [4.69, 9.17) is 5.73 Å². The van der Waals surface area contributed by atoms with Gasteiger partial charge in [0.2, 0.25) is 17.7 Å². The van der Waals surface area contributed by atoms with Crippen molar-refractivity contribution in [2.24, 2.45) is 5.73 Å². The van der Waals surface area contributed by atoms with Crippen LogP contribution in [0.5, 0.6) is 0 Å². The van der Waals surface area contributed by atoms with E-state index < -0.39 is 6.04 Å². The molecule has 0 aliphatic rings. The van der Waals surface area contributed by atoms with Crippen LogP contribution in [0.3, 0.4) is 0 Å². The summed E-state index contributed by atoms with van der Waals surface area (Å²) in [6.07, 6.45) is 24.3. The zero-order valence-electron chi connectivity index (χ0n) is 23.9. The molecular weight excluding hydrogens is 450 g/mol. The van der Waals surface area contributed by atoms with Crippen LogP contribution in [0.2, 0.25) is 0 Å². The molecule has 0 aliphatic heterocycles. The molecule has 36 heavy (non-hydrogen) atoms. The van der Waals surface area contributed by atoms with Crippen molar-refractivity contribution in [2.45, 2.75) is 168 Å². The Morgan fingerprint density at radius 2 is 0.972 bits per heavy atom. The maximum Gasteiger partial charge on any atom is 0.249 e. The molecule has 0 bridgehead atoms. The SMILES string of the molecule is CCCCCCCCCCCC(=O)NC(=O)[C@H](CCCCN)NC(=O)CCCCCCCCCCC. The topological polar surface area (TPSA) is 101 Å². The first-order valence-corrected chi connectivity index (χ1v) is 15.4. The number of hydrogen-bond acceptors (Lipinski definition) is 4. The fraction of sp³-hybridized carbons (Fsp3) is 0.900. The summed E-state index contributed by atoms with van der Waals surface area (Å²) >= 11 is 0. The predicted molar refractivity (Wildman–Crippen MR) is 152 cm³/mol. The molecule has 3 amide bonds. The van der Waals surface area contributed by atoms with Crippen LogP contribution in [0, 0.1) is 0 Å². The minimum absolute atomic E-state index is 0.0998. The number of hydrogen-bond donors (Lipinski definition) is 3. The molecule has 0 aromatic rings. The predicted octanol–water partition coefficient (Wildman–Crippen LogP) is 7.08. The fourth-order valence-corrected chi connectivity index (χ4v) is 4.51. The van der Waals surface area contributed by atoms with Crippen molar-refractivity contribution in [3.05, 3.63) is 0 Å². The summed E-state index contributed by atoms with van der Waals surface area (Å²) in [6.45, 7) is 5.01. The summed E-state index contributed by atoms with van der Waals surface area (Å²) in [6, 6.07) is -0.658. The van der Waals surface area contributed by atoms with E-state index in [1.54, 1.807) is 0 Å². The molecule has 0 aliphatic carbocycles. The number of unbranched alkanes of at least 4 members (excludes halogenated alkanes) is 17. The van der Waals surface area contributed by atoms with Gasteiger partial charge in [-0.15, -0.1) is 0 Å². The monoisotopic (exact) mass is 509 g/mol. The van der Waals surface area contributed by atoms with Gasteiger partial charge in [-0.05, 0) is 38.6 Å². The first kappa shape index (κ1) is 34.6. The number of imide groups is 1. The van der Waals surface area contributed by atoms with Gasteiger partial charge in [-0.25, -0.2) is 0 Å². The lowest BCUT2D eigenvalue weighted by molar-refractivity contribution is -0.134. The summed E-state index contributed by atoms with van der Waals surface area (Å²) < 4.78 is 0. The van der Waals surface area contributed by atoms with Gasteiger partial charge in [-0.2, -0.15) is 0 Å². The molecule has 0 aromatic carbocycles. The molecule has 6 nitrogen and oxygen atoms in total. The van der Waals surface area contributed by atoms with E-state index in [0.29, 0.717) is 25.8 Å². The summed E-state index contributed by atoms with van der Waals surface area (Å²) in [5, 5.41) is 5.39. The molecule has 4 N–H and O–H groups in total. The zero-order valence-corrected chi connectivity index (χ0v) is 23.9. The highest BCUT2D eigenvalue weighted by molar-refractivity contribution is 5.99. The van der Waals surface area contributed by atoms with Crippen LogP contribution in [-0.4, -0.2) is 30.3 Å². The van der Waals surface area contributed by atoms with E-state index in [0.717, 1.165) is 51.4 Å². The average molecular weight is 510 g/mol. The number of carbonyl (C=O) groups excluding carboxylic acids is 3. The summed E-state index contributed by atoms with van der Waals surface area (Å²) in [4.78, 5) is 37.4. The average Bonchev–Trinajstić information content (AvgIpc) is 2.86. The third-order valence-electron chi connectivity index (χ3n) is 6.88. The Hall–Kier alpha value is -1.43. The highest BCUT2D eigenvalue weighted by Crippen LogP contribution is 2.12. The Balaban J connectivity index is 4.13. The van der Waals surface area contributed by atoms with Gasteiger partial charge in [-0.1, -0.05) is 117 Å². The van der Waals surface area contributed by atoms with Gasteiger partial charge in [0.1, 0.15) is 6.04 Å². The Morgan fingerprint density at radius 3 is 1.42 bits per heavy atom. The van der Waals surface area contributed by atoms with Crippen LogP contribution in [0.15, 0.2) is 0 Å². The lowest BCUT2D eigenvalue weighted by Gasteiger charge is -2.18. The molecule has 0 radical (unpaired) electrons. The largest absolute Gasteiger partial charge is 0.344 e. The van der Waals surface area contributed by atoms with Crippen LogP contribution >= 0.6 is 0 Å². The lowest BCUT2D eigenvalue weighted by atomic mass is 10.1. The second-order valence-electron chi connectivity index (χ2n) is 10.5. The molecule has 212 valence electrons. The van der Waals surface area contributed by atoms with Gasteiger partial charge in [0.15, 0.2) is 0 Å². The molecule has 0 unspecified atom stereocenters. The van der Waals surface area contributed by atoms with Crippen molar-refractivity contribution >= 4 is 17.7 Å². The second kappa shape index (κ2) is 26.6. The van der Waals surface area contributed by atoms with Crippen LogP contribution in [0.1, 0.15) is 162 Å². The van der Waals surface area contributed by atoms with Crippen molar-refractivity contribution in [2.75, 3.05) is 6.54 Å². The quantitative estimate of drug-likeness (QED) is 0.108. The Labute approximate surface area is 222 Å².